The fourth-order valence-corrected chi connectivity index (χ4v) is 3.67. The lowest BCUT2D eigenvalue weighted by molar-refractivity contribution is 0.207. The minimum Gasteiger partial charge on any atom is -0.492 e. The number of fused-ring (bicyclic) bond motifs is 1. The highest BCUT2D eigenvalue weighted by Gasteiger charge is 2.17. The number of hydrogen-bond acceptors (Lipinski definition) is 4. The standard InChI is InChI=1S/C18H23N3O2S/c1-13-7-9-14(10-8-13)23-12-11-21(2)18(22)20-17-19-15-5-3-4-6-16(15)24-17/h7-10H,3-6,11-12H2,1-2H3,(H,19,20,22). The first-order chi connectivity index (χ1) is 11.6. The quantitative estimate of drug-likeness (QED) is 0.895. The molecule has 0 saturated carbocycles. The molecule has 1 aliphatic carbocycles. The molecule has 0 radical (unpaired) electrons. The smallest absolute Gasteiger partial charge is 0.323 e. The van der Waals surface area contributed by atoms with E-state index in [1.807, 2.05) is 31.2 Å². The first kappa shape index (κ1) is 16.8. The number of hydrogen-bond donors (Lipinski definition) is 1. The monoisotopic (exact) mass is 345 g/mol. The minimum atomic E-state index is -0.145. The van der Waals surface area contributed by atoms with E-state index in [2.05, 4.69) is 10.3 Å². The summed E-state index contributed by atoms with van der Waals surface area (Å²) in [6.45, 7) is 3.02. The van der Waals surface area contributed by atoms with Crippen molar-refractivity contribution in [1.29, 1.82) is 0 Å². The molecular weight excluding hydrogens is 322 g/mol. The Morgan fingerprint density at radius 1 is 1.29 bits per heavy atom. The van der Waals surface area contributed by atoms with Crippen LogP contribution in [-0.2, 0) is 12.8 Å². The molecule has 5 nitrogen and oxygen atoms in total. The molecule has 1 N–H and O–H groups in total. The Kier molecular flexibility index (Phi) is 5.35. The number of nitrogens with one attached hydrogen (secondary N) is 1. The van der Waals surface area contributed by atoms with Crippen molar-refractivity contribution in [3.05, 3.63) is 40.4 Å². The van der Waals surface area contributed by atoms with Gasteiger partial charge in [0.1, 0.15) is 12.4 Å². The Bertz CT molecular complexity index is 673. The summed E-state index contributed by atoms with van der Waals surface area (Å²) < 4.78 is 5.66. The van der Waals surface area contributed by atoms with Crippen molar-refractivity contribution in [2.24, 2.45) is 0 Å². The molecule has 2 amide bonds. The first-order valence-corrected chi connectivity index (χ1v) is 9.13. The van der Waals surface area contributed by atoms with Crippen molar-refractivity contribution >= 4 is 22.5 Å². The summed E-state index contributed by atoms with van der Waals surface area (Å²) in [5, 5.41) is 3.60. The molecule has 1 heterocycles. The van der Waals surface area contributed by atoms with Crippen molar-refractivity contribution < 1.29 is 9.53 Å². The van der Waals surface area contributed by atoms with Crippen molar-refractivity contribution in [2.75, 3.05) is 25.5 Å². The van der Waals surface area contributed by atoms with Crippen molar-refractivity contribution in [1.82, 2.24) is 9.88 Å². The molecule has 0 saturated heterocycles. The van der Waals surface area contributed by atoms with E-state index in [4.69, 9.17) is 4.74 Å². The van der Waals surface area contributed by atoms with Gasteiger partial charge < -0.3 is 9.64 Å². The average molecular weight is 345 g/mol. The van der Waals surface area contributed by atoms with Crippen LogP contribution in [0.4, 0.5) is 9.93 Å². The normalized spacial score (nSPS) is 13.2. The number of ether oxygens (including phenoxy) is 1. The van der Waals surface area contributed by atoms with Crippen LogP contribution in [0.5, 0.6) is 5.75 Å². The van der Waals surface area contributed by atoms with E-state index in [9.17, 15) is 4.79 Å². The van der Waals surface area contributed by atoms with Gasteiger partial charge in [-0.2, -0.15) is 0 Å². The third-order valence-electron chi connectivity index (χ3n) is 4.12. The Hall–Kier alpha value is -2.08. The van der Waals surface area contributed by atoms with Gasteiger partial charge in [-0.3, -0.25) is 5.32 Å². The predicted octanol–water partition coefficient (Wildman–Crippen LogP) is 3.87. The number of carbonyl (C=O) groups excluding carboxylic acids is 1. The van der Waals surface area contributed by atoms with Crippen LogP contribution >= 0.6 is 11.3 Å². The van der Waals surface area contributed by atoms with Gasteiger partial charge in [0.2, 0.25) is 0 Å². The Morgan fingerprint density at radius 3 is 2.79 bits per heavy atom. The number of benzene rings is 1. The highest BCUT2D eigenvalue weighted by molar-refractivity contribution is 7.15. The first-order valence-electron chi connectivity index (χ1n) is 8.32. The van der Waals surface area contributed by atoms with E-state index in [1.54, 1.807) is 23.3 Å². The van der Waals surface area contributed by atoms with Crippen LogP contribution in [0, 0.1) is 6.92 Å². The van der Waals surface area contributed by atoms with Crippen LogP contribution in [0.3, 0.4) is 0 Å². The van der Waals surface area contributed by atoms with Crippen LogP contribution < -0.4 is 10.1 Å². The summed E-state index contributed by atoms with van der Waals surface area (Å²) in [4.78, 5) is 19.7. The predicted molar refractivity (Wildman–Crippen MR) is 97.1 cm³/mol. The maximum Gasteiger partial charge on any atom is 0.323 e. The highest BCUT2D eigenvalue weighted by atomic mass is 32.1. The third kappa shape index (κ3) is 4.26. The minimum absolute atomic E-state index is 0.145. The van der Waals surface area contributed by atoms with E-state index < -0.39 is 0 Å². The molecule has 24 heavy (non-hydrogen) atoms. The second-order valence-electron chi connectivity index (χ2n) is 6.11. The van der Waals surface area contributed by atoms with Crippen molar-refractivity contribution in [2.45, 2.75) is 32.6 Å². The summed E-state index contributed by atoms with van der Waals surface area (Å²) >= 11 is 1.60. The molecule has 0 spiro atoms. The molecule has 0 fully saturated rings. The maximum absolute atomic E-state index is 12.2. The van der Waals surface area contributed by atoms with Gasteiger partial charge >= 0.3 is 6.03 Å². The third-order valence-corrected chi connectivity index (χ3v) is 5.20. The Balaban J connectivity index is 1.46. The lowest BCUT2D eigenvalue weighted by Crippen LogP contribution is -2.34. The number of aryl methyl sites for hydroxylation is 3. The number of thiazole rings is 1. The zero-order valence-corrected chi connectivity index (χ0v) is 15.0. The average Bonchev–Trinajstić information content (AvgIpc) is 2.98. The Morgan fingerprint density at radius 2 is 2.04 bits per heavy atom. The Labute approximate surface area is 146 Å². The molecule has 3 rings (SSSR count). The van der Waals surface area contributed by atoms with Crippen LogP contribution in [0.25, 0.3) is 0 Å². The van der Waals surface area contributed by atoms with E-state index in [0.717, 1.165) is 24.3 Å². The van der Waals surface area contributed by atoms with E-state index in [1.165, 1.54) is 23.3 Å². The fourth-order valence-electron chi connectivity index (χ4n) is 2.63. The van der Waals surface area contributed by atoms with Crippen LogP contribution in [0.2, 0.25) is 0 Å². The number of likely N-dealkylation sites (N-methyl/N-ethyl adjacent to an activating group) is 1. The van der Waals surface area contributed by atoms with Crippen LogP contribution in [-0.4, -0.2) is 36.1 Å². The second-order valence-corrected chi connectivity index (χ2v) is 7.19. The highest BCUT2D eigenvalue weighted by Crippen LogP contribution is 2.29. The van der Waals surface area contributed by atoms with Gasteiger partial charge in [0.25, 0.3) is 0 Å². The summed E-state index contributed by atoms with van der Waals surface area (Å²) in [6.07, 6.45) is 4.53. The summed E-state index contributed by atoms with van der Waals surface area (Å²) in [6, 6.07) is 7.75. The number of amides is 2. The zero-order valence-electron chi connectivity index (χ0n) is 14.2. The lowest BCUT2D eigenvalue weighted by atomic mass is 10.0. The van der Waals surface area contributed by atoms with Crippen molar-refractivity contribution in [3.63, 3.8) is 0 Å². The van der Waals surface area contributed by atoms with E-state index >= 15 is 0 Å². The zero-order chi connectivity index (χ0) is 16.9. The number of urea groups is 1. The largest absolute Gasteiger partial charge is 0.492 e. The maximum atomic E-state index is 12.2. The number of aromatic nitrogens is 1. The summed E-state index contributed by atoms with van der Waals surface area (Å²) in [7, 11) is 1.77. The van der Waals surface area contributed by atoms with Gasteiger partial charge in [-0.25, -0.2) is 9.78 Å². The molecule has 2 aromatic rings. The fraction of sp³-hybridized carbons (Fsp3) is 0.444. The van der Waals surface area contributed by atoms with Crippen LogP contribution in [0.15, 0.2) is 24.3 Å². The van der Waals surface area contributed by atoms with Gasteiger partial charge in [0, 0.05) is 11.9 Å². The van der Waals surface area contributed by atoms with Gasteiger partial charge in [-0.15, -0.1) is 11.3 Å². The number of anilines is 1. The van der Waals surface area contributed by atoms with Gasteiger partial charge in [-0.1, -0.05) is 17.7 Å². The SMILES string of the molecule is Cc1ccc(OCCN(C)C(=O)Nc2nc3c(s2)CCCC3)cc1. The molecule has 1 aromatic heterocycles. The molecular formula is C18H23N3O2S. The molecule has 0 bridgehead atoms. The van der Waals surface area contributed by atoms with E-state index in [0.29, 0.717) is 18.3 Å². The molecule has 1 aromatic carbocycles. The summed E-state index contributed by atoms with van der Waals surface area (Å²) in [5.74, 6) is 0.821. The van der Waals surface area contributed by atoms with Crippen LogP contribution in [0.1, 0.15) is 29.0 Å². The molecule has 128 valence electrons. The number of rotatable bonds is 5. The van der Waals surface area contributed by atoms with Gasteiger partial charge in [0.15, 0.2) is 5.13 Å². The van der Waals surface area contributed by atoms with Gasteiger partial charge in [0.05, 0.1) is 12.2 Å². The molecule has 6 heteroatoms. The molecule has 0 aliphatic heterocycles. The lowest BCUT2D eigenvalue weighted by Gasteiger charge is -2.17. The second kappa shape index (κ2) is 7.66. The summed E-state index contributed by atoms with van der Waals surface area (Å²) in [5.41, 5.74) is 2.36. The molecule has 1 aliphatic rings. The van der Waals surface area contributed by atoms with Gasteiger partial charge in [-0.05, 0) is 44.7 Å². The number of carbonyl (C=O) groups is 1. The van der Waals surface area contributed by atoms with Crippen molar-refractivity contribution in [3.8, 4) is 5.75 Å². The molecule has 0 atom stereocenters. The topological polar surface area (TPSA) is 54.5 Å². The number of nitrogens with zero attached hydrogens (tertiary/aromatic N) is 2. The molecule has 0 unspecified atom stereocenters. The van der Waals surface area contributed by atoms with E-state index in [-0.39, 0.29) is 6.03 Å².